The number of benzene rings is 2. The molecule has 0 spiro atoms. The second-order valence-electron chi connectivity index (χ2n) is 8.01. The lowest BCUT2D eigenvalue weighted by atomic mass is 9.96. The van der Waals surface area contributed by atoms with Crippen LogP contribution in [0.25, 0.3) is 0 Å². The molecule has 0 aromatic heterocycles. The minimum absolute atomic E-state index is 0.142. The summed E-state index contributed by atoms with van der Waals surface area (Å²) in [4.78, 5) is 28.5. The van der Waals surface area contributed by atoms with Crippen LogP contribution in [0.1, 0.15) is 56.2 Å². The zero-order chi connectivity index (χ0) is 21.9. The number of carbonyl (C=O) groups excluding carboxylic acids is 2. The summed E-state index contributed by atoms with van der Waals surface area (Å²) < 4.78 is 4.94. The Labute approximate surface area is 186 Å². The van der Waals surface area contributed by atoms with E-state index in [1.54, 1.807) is 0 Å². The quantitative estimate of drug-likeness (QED) is 0.420. The molecule has 5 heteroatoms. The summed E-state index contributed by atoms with van der Waals surface area (Å²) >= 11 is 0. The Balaban J connectivity index is 1.48. The Morgan fingerprint density at radius 2 is 1.35 bits per heavy atom. The average molecular weight is 423 g/mol. The molecule has 2 aromatic rings. The molecular weight excluding hydrogens is 388 g/mol. The van der Waals surface area contributed by atoms with E-state index in [1.165, 1.54) is 11.1 Å². The number of nitrogens with zero attached hydrogens (tertiary/aromatic N) is 2. The van der Waals surface area contributed by atoms with Crippen LogP contribution >= 0.6 is 0 Å². The summed E-state index contributed by atoms with van der Waals surface area (Å²) in [6.07, 6.45) is 3.50. The van der Waals surface area contributed by atoms with Gasteiger partial charge in [0.05, 0.1) is 12.6 Å². The Hall–Kier alpha value is -2.66. The highest BCUT2D eigenvalue weighted by Crippen LogP contribution is 2.29. The summed E-state index contributed by atoms with van der Waals surface area (Å²) in [6.45, 7) is 5.50. The van der Waals surface area contributed by atoms with Gasteiger partial charge in [0.2, 0.25) is 5.91 Å². The minimum atomic E-state index is -0.142. The van der Waals surface area contributed by atoms with Crippen molar-refractivity contribution in [3.8, 4) is 0 Å². The first-order chi connectivity index (χ1) is 15.2. The molecule has 1 heterocycles. The molecule has 1 fully saturated rings. The largest absolute Gasteiger partial charge is 0.466 e. The van der Waals surface area contributed by atoms with E-state index in [2.05, 4.69) is 65.6 Å². The first-order valence-corrected chi connectivity index (χ1v) is 11.5. The lowest BCUT2D eigenvalue weighted by Crippen LogP contribution is -2.49. The predicted molar refractivity (Wildman–Crippen MR) is 123 cm³/mol. The molecule has 0 radical (unpaired) electrons. The van der Waals surface area contributed by atoms with Crippen LogP contribution in [0.2, 0.25) is 0 Å². The van der Waals surface area contributed by atoms with Gasteiger partial charge in [-0.2, -0.15) is 0 Å². The molecule has 0 saturated carbocycles. The number of amides is 1. The molecular formula is C26H34N2O3. The smallest absolute Gasteiger partial charge is 0.305 e. The molecule has 0 aliphatic carbocycles. The van der Waals surface area contributed by atoms with Gasteiger partial charge in [-0.3, -0.25) is 14.5 Å². The van der Waals surface area contributed by atoms with Gasteiger partial charge in [-0.25, -0.2) is 0 Å². The van der Waals surface area contributed by atoms with E-state index in [0.717, 1.165) is 45.4 Å². The summed E-state index contributed by atoms with van der Waals surface area (Å²) in [5.74, 6) is 0.0862. The van der Waals surface area contributed by atoms with Gasteiger partial charge in [0.25, 0.3) is 0 Å². The monoisotopic (exact) mass is 422 g/mol. The van der Waals surface area contributed by atoms with Crippen LogP contribution in [-0.2, 0) is 14.3 Å². The van der Waals surface area contributed by atoms with Crippen LogP contribution in [0.15, 0.2) is 60.7 Å². The van der Waals surface area contributed by atoms with Crippen LogP contribution in [-0.4, -0.2) is 54.5 Å². The Morgan fingerprint density at radius 1 is 0.806 bits per heavy atom. The number of unbranched alkanes of at least 4 members (excludes halogenated alkanes) is 2. The van der Waals surface area contributed by atoms with Gasteiger partial charge >= 0.3 is 5.97 Å². The van der Waals surface area contributed by atoms with E-state index in [4.69, 9.17) is 4.74 Å². The second kappa shape index (κ2) is 12.3. The van der Waals surface area contributed by atoms with Gasteiger partial charge < -0.3 is 9.64 Å². The van der Waals surface area contributed by atoms with Crippen LogP contribution in [0.4, 0.5) is 0 Å². The molecule has 3 rings (SSSR count). The highest BCUT2D eigenvalue weighted by molar-refractivity contribution is 5.76. The van der Waals surface area contributed by atoms with E-state index in [1.807, 2.05) is 11.8 Å². The number of esters is 1. The summed E-state index contributed by atoms with van der Waals surface area (Å²) in [5, 5.41) is 0. The lowest BCUT2D eigenvalue weighted by Gasteiger charge is -2.40. The summed E-state index contributed by atoms with van der Waals surface area (Å²) in [6, 6.07) is 21.4. The third-order valence-electron chi connectivity index (χ3n) is 5.84. The molecule has 1 aliphatic heterocycles. The SMILES string of the molecule is CCOC(=O)CCCCCC(=O)N1CCN(C(c2ccccc2)c2ccccc2)CC1. The van der Waals surface area contributed by atoms with E-state index < -0.39 is 0 Å². The highest BCUT2D eigenvalue weighted by atomic mass is 16.5. The average Bonchev–Trinajstić information content (AvgIpc) is 2.81. The highest BCUT2D eigenvalue weighted by Gasteiger charge is 2.27. The summed E-state index contributed by atoms with van der Waals surface area (Å²) in [5.41, 5.74) is 2.57. The molecule has 166 valence electrons. The molecule has 5 nitrogen and oxygen atoms in total. The van der Waals surface area contributed by atoms with Crippen LogP contribution in [0, 0.1) is 0 Å². The van der Waals surface area contributed by atoms with Gasteiger partial charge in [0.15, 0.2) is 0 Å². The maximum atomic E-state index is 12.6. The second-order valence-corrected chi connectivity index (χ2v) is 8.01. The lowest BCUT2D eigenvalue weighted by molar-refractivity contribution is -0.143. The molecule has 0 atom stereocenters. The zero-order valence-electron chi connectivity index (χ0n) is 18.5. The van der Waals surface area contributed by atoms with Crippen LogP contribution in [0.3, 0.4) is 0 Å². The molecule has 2 aromatic carbocycles. The Morgan fingerprint density at radius 3 is 1.90 bits per heavy atom. The van der Waals surface area contributed by atoms with Gasteiger partial charge in [-0.1, -0.05) is 67.1 Å². The normalized spacial score (nSPS) is 14.6. The Kier molecular flexibility index (Phi) is 9.10. The maximum Gasteiger partial charge on any atom is 0.305 e. The number of hydrogen-bond acceptors (Lipinski definition) is 4. The van der Waals surface area contributed by atoms with E-state index in [0.29, 0.717) is 19.4 Å². The minimum Gasteiger partial charge on any atom is -0.466 e. The topological polar surface area (TPSA) is 49.9 Å². The van der Waals surface area contributed by atoms with E-state index in [-0.39, 0.29) is 17.9 Å². The zero-order valence-corrected chi connectivity index (χ0v) is 18.5. The first kappa shape index (κ1) is 23.0. The fourth-order valence-electron chi connectivity index (χ4n) is 4.23. The molecule has 0 unspecified atom stereocenters. The van der Waals surface area contributed by atoms with Crippen molar-refractivity contribution in [2.75, 3.05) is 32.8 Å². The van der Waals surface area contributed by atoms with E-state index in [9.17, 15) is 9.59 Å². The fraction of sp³-hybridized carbons (Fsp3) is 0.462. The Bertz CT molecular complexity index is 762. The van der Waals surface area contributed by atoms with Crippen molar-refractivity contribution in [1.82, 2.24) is 9.80 Å². The molecule has 31 heavy (non-hydrogen) atoms. The van der Waals surface area contributed by atoms with Crippen molar-refractivity contribution in [1.29, 1.82) is 0 Å². The molecule has 0 N–H and O–H groups in total. The predicted octanol–water partition coefficient (Wildman–Crippen LogP) is 4.43. The van der Waals surface area contributed by atoms with Crippen molar-refractivity contribution < 1.29 is 14.3 Å². The number of ether oxygens (including phenoxy) is 1. The van der Waals surface area contributed by atoms with Crippen LogP contribution in [0.5, 0.6) is 0 Å². The molecule has 1 amide bonds. The van der Waals surface area contributed by atoms with Gasteiger partial charge in [-0.05, 0) is 30.9 Å². The van der Waals surface area contributed by atoms with E-state index >= 15 is 0 Å². The number of hydrogen-bond donors (Lipinski definition) is 0. The van der Waals surface area contributed by atoms with Crippen molar-refractivity contribution in [3.05, 3.63) is 71.8 Å². The molecule has 1 aliphatic rings. The van der Waals surface area contributed by atoms with Crippen molar-refractivity contribution in [2.24, 2.45) is 0 Å². The number of carbonyl (C=O) groups is 2. The van der Waals surface area contributed by atoms with Crippen molar-refractivity contribution in [3.63, 3.8) is 0 Å². The van der Waals surface area contributed by atoms with Crippen molar-refractivity contribution >= 4 is 11.9 Å². The third kappa shape index (κ3) is 6.93. The number of rotatable bonds is 10. The standard InChI is InChI=1S/C26H34N2O3/c1-2-31-25(30)17-11-5-10-16-24(29)27-18-20-28(21-19-27)26(22-12-6-3-7-13-22)23-14-8-4-9-15-23/h3-4,6-9,12-15,26H,2,5,10-11,16-21H2,1H3. The first-order valence-electron chi connectivity index (χ1n) is 11.5. The number of piperazine rings is 1. The van der Waals surface area contributed by atoms with Crippen LogP contribution < -0.4 is 0 Å². The molecule has 0 bridgehead atoms. The van der Waals surface area contributed by atoms with Gasteiger partial charge in [0.1, 0.15) is 0 Å². The third-order valence-corrected chi connectivity index (χ3v) is 5.84. The molecule has 1 saturated heterocycles. The maximum absolute atomic E-state index is 12.6. The summed E-state index contributed by atoms with van der Waals surface area (Å²) in [7, 11) is 0. The van der Waals surface area contributed by atoms with Crippen molar-refractivity contribution in [2.45, 2.75) is 45.1 Å². The van der Waals surface area contributed by atoms with Gasteiger partial charge in [-0.15, -0.1) is 0 Å². The fourth-order valence-corrected chi connectivity index (χ4v) is 4.23. The van der Waals surface area contributed by atoms with Gasteiger partial charge in [0, 0.05) is 39.0 Å².